The molecule has 2 N–H and O–H groups in total. The number of rotatable bonds is 12. The largest absolute Gasteiger partial charge is 0.508 e. The number of nitrogens with zero attached hydrogens (tertiary/aromatic N) is 3. The molecule has 1 aliphatic heterocycles. The molecule has 0 radical (unpaired) electrons. The third kappa shape index (κ3) is 6.75. The minimum atomic E-state index is -1.03. The van der Waals surface area contributed by atoms with Crippen molar-refractivity contribution in [1.82, 2.24) is 14.5 Å². The molecule has 1 aliphatic rings. The summed E-state index contributed by atoms with van der Waals surface area (Å²) in [4.78, 5) is 20.2. The summed E-state index contributed by atoms with van der Waals surface area (Å²) in [5, 5.41) is 0.741. The molecule has 3 heterocycles. The van der Waals surface area contributed by atoms with Crippen molar-refractivity contribution < 1.29 is 19.0 Å². The van der Waals surface area contributed by atoms with Crippen molar-refractivity contribution >= 4 is 34.6 Å². The molecule has 8 nitrogen and oxygen atoms in total. The van der Waals surface area contributed by atoms with Gasteiger partial charge in [0, 0.05) is 6.20 Å². The van der Waals surface area contributed by atoms with Crippen LogP contribution in [0.25, 0.3) is 11.0 Å². The number of terminal acetylenes is 1. The van der Waals surface area contributed by atoms with Gasteiger partial charge in [-0.3, -0.25) is 0 Å². The van der Waals surface area contributed by atoms with E-state index in [2.05, 4.69) is 22.8 Å². The summed E-state index contributed by atoms with van der Waals surface area (Å²) < 4.78 is 18.4. The number of unbranched alkanes of at least 4 members (excludes halogenated alkanes) is 7. The maximum Gasteiger partial charge on any atom is 0.508 e. The summed E-state index contributed by atoms with van der Waals surface area (Å²) in [5.41, 5.74) is 5.47. The van der Waals surface area contributed by atoms with Crippen LogP contribution in [0.5, 0.6) is 0 Å². The second-order valence-corrected chi connectivity index (χ2v) is 8.79. The molecule has 1 fully saturated rings. The van der Waals surface area contributed by atoms with Crippen LogP contribution in [0.2, 0.25) is 5.28 Å². The average molecular weight is 477 g/mol. The highest BCUT2D eigenvalue weighted by Gasteiger charge is 2.41. The summed E-state index contributed by atoms with van der Waals surface area (Å²) in [6.07, 6.45) is 17.0. The zero-order valence-corrected chi connectivity index (χ0v) is 20.0. The lowest BCUT2D eigenvalue weighted by atomic mass is 10.0. The average Bonchev–Trinajstić information content (AvgIpc) is 3.41. The van der Waals surface area contributed by atoms with Gasteiger partial charge in [0.25, 0.3) is 0 Å². The van der Waals surface area contributed by atoms with E-state index in [-0.39, 0.29) is 18.1 Å². The number of carbonyl (C=O) groups is 1. The number of halogens is 1. The van der Waals surface area contributed by atoms with Crippen LogP contribution in [-0.2, 0) is 14.2 Å². The van der Waals surface area contributed by atoms with E-state index < -0.39 is 11.8 Å². The molecule has 2 aromatic rings. The molecular formula is C24H33ClN4O4. The molecule has 3 rings (SSSR count). The van der Waals surface area contributed by atoms with Gasteiger partial charge in [-0.25, -0.2) is 9.78 Å². The first kappa shape index (κ1) is 25.1. The number of hydrogen-bond acceptors (Lipinski definition) is 7. The quantitative estimate of drug-likeness (QED) is 0.183. The third-order valence-electron chi connectivity index (χ3n) is 5.95. The lowest BCUT2D eigenvalue weighted by molar-refractivity contribution is -0.0730. The molecule has 2 aromatic heterocycles. The van der Waals surface area contributed by atoms with Gasteiger partial charge >= 0.3 is 6.16 Å². The summed E-state index contributed by atoms with van der Waals surface area (Å²) in [6.45, 7) is 2.48. The van der Waals surface area contributed by atoms with Crippen LogP contribution in [0.1, 0.15) is 77.4 Å². The fourth-order valence-corrected chi connectivity index (χ4v) is 4.23. The van der Waals surface area contributed by atoms with Gasteiger partial charge in [-0.05, 0) is 36.9 Å². The standard InChI is InChI=1S/C24H33ClN4O4/c1-3-5-6-7-8-9-10-11-16-31-23(30)32-17-24(4-2)14-12-19(33-24)29-15-13-18-20(26)27-22(25)28-21(18)29/h2,13,15,19H,3,5-12,14,16-17H2,1H3,(H2,26,27,28)/t19-,24?/m1/s1. The van der Waals surface area contributed by atoms with Crippen molar-refractivity contribution in [3.63, 3.8) is 0 Å². The van der Waals surface area contributed by atoms with Crippen molar-refractivity contribution in [3.05, 3.63) is 17.5 Å². The van der Waals surface area contributed by atoms with Gasteiger partial charge in [0.05, 0.1) is 12.0 Å². The molecule has 0 saturated carbocycles. The van der Waals surface area contributed by atoms with Gasteiger partial charge in [0.1, 0.15) is 24.3 Å². The van der Waals surface area contributed by atoms with E-state index in [9.17, 15) is 4.79 Å². The van der Waals surface area contributed by atoms with Gasteiger partial charge in [-0.2, -0.15) is 4.98 Å². The summed E-state index contributed by atoms with van der Waals surface area (Å²) >= 11 is 5.96. The Hall–Kier alpha value is -2.50. The maximum absolute atomic E-state index is 12.0. The van der Waals surface area contributed by atoms with Gasteiger partial charge in [0.15, 0.2) is 5.60 Å². The zero-order valence-electron chi connectivity index (χ0n) is 19.2. The van der Waals surface area contributed by atoms with Crippen LogP contribution in [0.4, 0.5) is 10.6 Å². The lowest BCUT2D eigenvalue weighted by Gasteiger charge is -2.23. The Morgan fingerprint density at radius 3 is 2.73 bits per heavy atom. The number of fused-ring (bicyclic) bond motifs is 1. The Bertz CT molecular complexity index is 973. The fraction of sp³-hybridized carbons (Fsp3) is 0.625. The predicted octanol–water partition coefficient (Wildman–Crippen LogP) is 5.64. The number of nitrogen functional groups attached to an aromatic ring is 1. The summed E-state index contributed by atoms with van der Waals surface area (Å²) in [5.74, 6) is 2.95. The van der Waals surface area contributed by atoms with Crippen LogP contribution < -0.4 is 5.73 Å². The minimum Gasteiger partial charge on any atom is -0.434 e. The highest BCUT2D eigenvalue weighted by atomic mass is 35.5. The first-order chi connectivity index (χ1) is 16.0. The first-order valence-corrected chi connectivity index (χ1v) is 12.1. The van der Waals surface area contributed by atoms with Crippen LogP contribution in [0, 0.1) is 12.3 Å². The number of hydrogen-bond donors (Lipinski definition) is 1. The van der Waals surface area contributed by atoms with Gasteiger partial charge < -0.3 is 24.5 Å². The Labute approximate surface area is 200 Å². The number of nitrogens with two attached hydrogens (primary N) is 1. The van der Waals surface area contributed by atoms with Gasteiger partial charge in [-0.1, -0.05) is 57.8 Å². The molecule has 0 bridgehead atoms. The van der Waals surface area contributed by atoms with Crippen LogP contribution in [-0.4, -0.2) is 39.5 Å². The monoisotopic (exact) mass is 476 g/mol. The highest BCUT2D eigenvalue weighted by Crippen LogP contribution is 2.38. The molecule has 0 spiro atoms. The molecule has 180 valence electrons. The zero-order chi connectivity index (χ0) is 23.7. The Morgan fingerprint density at radius 1 is 1.27 bits per heavy atom. The van der Waals surface area contributed by atoms with E-state index in [1.54, 1.807) is 6.07 Å². The number of ether oxygens (including phenoxy) is 3. The number of anilines is 1. The van der Waals surface area contributed by atoms with Crippen molar-refractivity contribution in [2.24, 2.45) is 0 Å². The first-order valence-electron chi connectivity index (χ1n) is 11.7. The Morgan fingerprint density at radius 2 is 2.00 bits per heavy atom. The fourth-order valence-electron chi connectivity index (χ4n) is 4.05. The SMILES string of the molecule is C#CC1(COC(=O)OCCCCCCCCCC)CC[C@H](n2ccc3c(N)nc(Cl)nc32)O1. The molecule has 9 heteroatoms. The Kier molecular flexibility index (Phi) is 9.21. The predicted molar refractivity (Wildman–Crippen MR) is 128 cm³/mol. The number of aromatic nitrogens is 3. The van der Waals surface area contributed by atoms with Crippen LogP contribution in [0.3, 0.4) is 0 Å². The van der Waals surface area contributed by atoms with Crippen molar-refractivity contribution in [2.75, 3.05) is 18.9 Å². The van der Waals surface area contributed by atoms with Crippen LogP contribution >= 0.6 is 11.6 Å². The lowest BCUT2D eigenvalue weighted by Crippen LogP contribution is -2.34. The van der Waals surface area contributed by atoms with E-state index in [0.717, 1.165) is 19.3 Å². The molecule has 1 saturated heterocycles. The molecule has 0 amide bonds. The van der Waals surface area contributed by atoms with Crippen molar-refractivity contribution in [1.29, 1.82) is 0 Å². The maximum atomic E-state index is 12.0. The molecular weight excluding hydrogens is 444 g/mol. The van der Waals surface area contributed by atoms with E-state index in [1.165, 1.54) is 32.1 Å². The second kappa shape index (κ2) is 12.1. The summed E-state index contributed by atoms with van der Waals surface area (Å²) in [6, 6.07) is 1.80. The molecule has 0 aliphatic carbocycles. The Balaban J connectivity index is 1.42. The van der Waals surface area contributed by atoms with Gasteiger partial charge in [0.2, 0.25) is 5.28 Å². The molecule has 0 aromatic carbocycles. The van der Waals surface area contributed by atoms with Crippen molar-refractivity contribution in [3.8, 4) is 12.3 Å². The molecule has 33 heavy (non-hydrogen) atoms. The normalized spacial score (nSPS) is 20.1. The smallest absolute Gasteiger partial charge is 0.434 e. The highest BCUT2D eigenvalue weighted by molar-refractivity contribution is 6.28. The van der Waals surface area contributed by atoms with E-state index in [1.807, 2.05) is 10.8 Å². The van der Waals surface area contributed by atoms with E-state index >= 15 is 0 Å². The van der Waals surface area contributed by atoms with Gasteiger partial charge in [-0.15, -0.1) is 6.42 Å². The molecule has 1 unspecified atom stereocenters. The van der Waals surface area contributed by atoms with Crippen molar-refractivity contribution in [2.45, 2.75) is 83.0 Å². The topological polar surface area (TPSA) is 101 Å². The third-order valence-corrected chi connectivity index (χ3v) is 6.11. The summed E-state index contributed by atoms with van der Waals surface area (Å²) in [7, 11) is 0. The second-order valence-electron chi connectivity index (χ2n) is 8.45. The van der Waals surface area contributed by atoms with E-state index in [0.29, 0.717) is 36.3 Å². The molecule has 2 atom stereocenters. The van der Waals surface area contributed by atoms with Crippen LogP contribution in [0.15, 0.2) is 12.3 Å². The van der Waals surface area contributed by atoms with E-state index in [4.69, 9.17) is 38.0 Å². The number of carbonyl (C=O) groups excluding carboxylic acids is 1. The minimum absolute atomic E-state index is 0.0590.